The maximum atomic E-state index is 11.1. The monoisotopic (exact) mass is 262 g/mol. The van der Waals surface area contributed by atoms with Gasteiger partial charge in [0, 0.05) is 26.8 Å². The van der Waals surface area contributed by atoms with Crippen molar-refractivity contribution in [1.29, 1.82) is 0 Å². The molecule has 0 aromatic carbocycles. The van der Waals surface area contributed by atoms with Crippen molar-refractivity contribution in [2.24, 2.45) is 0 Å². The lowest BCUT2D eigenvalue weighted by atomic mass is 10.4. The van der Waals surface area contributed by atoms with Gasteiger partial charge in [0.2, 0.25) is 0 Å². The molecule has 7 heteroatoms. The second-order valence-corrected chi connectivity index (χ2v) is 6.88. The largest absolute Gasteiger partial charge is 0.350 e. The van der Waals surface area contributed by atoms with E-state index in [0.29, 0.717) is 16.6 Å². The first-order valence-corrected chi connectivity index (χ1v) is 7.53. The van der Waals surface area contributed by atoms with Crippen LogP contribution in [0.15, 0.2) is 6.20 Å². The van der Waals surface area contributed by atoms with E-state index in [1.165, 1.54) is 30.7 Å². The molecule has 5 nitrogen and oxygen atoms in total. The SMILES string of the molecule is CC(=O)c1cnc(N(C)CCS(C)(=O)=O)s1. The highest BCUT2D eigenvalue weighted by Crippen LogP contribution is 2.21. The Labute approximate surface area is 99.0 Å². The van der Waals surface area contributed by atoms with Crippen LogP contribution in [0.25, 0.3) is 0 Å². The van der Waals surface area contributed by atoms with Crippen LogP contribution in [0.2, 0.25) is 0 Å². The van der Waals surface area contributed by atoms with E-state index in [-0.39, 0.29) is 11.5 Å². The fourth-order valence-electron chi connectivity index (χ4n) is 1.00. The molecule has 0 radical (unpaired) electrons. The Kier molecular flexibility index (Phi) is 4.03. The van der Waals surface area contributed by atoms with Crippen LogP contribution < -0.4 is 4.90 Å². The zero-order valence-electron chi connectivity index (χ0n) is 9.43. The van der Waals surface area contributed by atoms with E-state index in [2.05, 4.69) is 4.98 Å². The predicted molar refractivity (Wildman–Crippen MR) is 65.1 cm³/mol. The molecule has 1 aromatic rings. The van der Waals surface area contributed by atoms with Gasteiger partial charge < -0.3 is 4.90 Å². The summed E-state index contributed by atoms with van der Waals surface area (Å²) in [6, 6.07) is 0. The van der Waals surface area contributed by atoms with Crippen molar-refractivity contribution in [2.45, 2.75) is 6.92 Å². The van der Waals surface area contributed by atoms with E-state index < -0.39 is 9.84 Å². The highest BCUT2D eigenvalue weighted by atomic mass is 32.2. The summed E-state index contributed by atoms with van der Waals surface area (Å²) in [4.78, 5) is 17.4. The van der Waals surface area contributed by atoms with Gasteiger partial charge in [0.25, 0.3) is 0 Å². The van der Waals surface area contributed by atoms with Crippen molar-refractivity contribution in [3.05, 3.63) is 11.1 Å². The zero-order chi connectivity index (χ0) is 12.3. The van der Waals surface area contributed by atoms with Crippen molar-refractivity contribution in [1.82, 2.24) is 4.98 Å². The zero-order valence-corrected chi connectivity index (χ0v) is 11.1. The molecule has 0 saturated heterocycles. The van der Waals surface area contributed by atoms with Gasteiger partial charge in [0.15, 0.2) is 10.9 Å². The van der Waals surface area contributed by atoms with Crippen LogP contribution in [-0.2, 0) is 9.84 Å². The van der Waals surface area contributed by atoms with Gasteiger partial charge >= 0.3 is 0 Å². The van der Waals surface area contributed by atoms with Gasteiger partial charge in [0.1, 0.15) is 9.84 Å². The summed E-state index contributed by atoms with van der Waals surface area (Å²) in [6.45, 7) is 1.86. The number of anilines is 1. The molecule has 0 atom stereocenters. The third kappa shape index (κ3) is 3.90. The quantitative estimate of drug-likeness (QED) is 0.735. The van der Waals surface area contributed by atoms with Gasteiger partial charge in [-0.25, -0.2) is 13.4 Å². The Morgan fingerprint density at radius 1 is 1.56 bits per heavy atom. The van der Waals surface area contributed by atoms with Crippen molar-refractivity contribution >= 4 is 32.1 Å². The van der Waals surface area contributed by atoms with Crippen LogP contribution >= 0.6 is 11.3 Å². The maximum absolute atomic E-state index is 11.1. The summed E-state index contributed by atoms with van der Waals surface area (Å²) >= 11 is 1.27. The number of hydrogen-bond acceptors (Lipinski definition) is 6. The predicted octanol–water partition coefficient (Wildman–Crippen LogP) is 0.827. The fourth-order valence-corrected chi connectivity index (χ4v) is 2.41. The molecule has 0 N–H and O–H groups in total. The number of ketones is 1. The van der Waals surface area contributed by atoms with Gasteiger partial charge in [-0.1, -0.05) is 11.3 Å². The number of rotatable bonds is 5. The molecule has 1 heterocycles. The summed E-state index contributed by atoms with van der Waals surface area (Å²) in [5, 5.41) is 0.661. The molecule has 0 aliphatic heterocycles. The summed E-state index contributed by atoms with van der Waals surface area (Å²) in [5.74, 6) is 0.0543. The number of aromatic nitrogens is 1. The standard InChI is InChI=1S/C9H14N2O3S2/c1-7(12)8-6-10-9(15-8)11(2)4-5-16(3,13)14/h6H,4-5H2,1-3H3. The minimum atomic E-state index is -2.97. The van der Waals surface area contributed by atoms with Crippen molar-refractivity contribution in [3.63, 3.8) is 0 Å². The molecule has 90 valence electrons. The Balaban J connectivity index is 2.66. The number of Topliss-reactive ketones (excluding diaryl/α,β-unsaturated/α-hetero) is 1. The summed E-state index contributed by atoms with van der Waals surface area (Å²) < 4.78 is 22.0. The molecule has 0 fully saturated rings. The molecule has 0 spiro atoms. The van der Waals surface area contributed by atoms with E-state index in [0.717, 1.165) is 0 Å². The highest BCUT2D eigenvalue weighted by Gasteiger charge is 2.11. The fraction of sp³-hybridized carbons (Fsp3) is 0.556. The van der Waals surface area contributed by atoms with Crippen molar-refractivity contribution in [3.8, 4) is 0 Å². The van der Waals surface area contributed by atoms with Crippen molar-refractivity contribution < 1.29 is 13.2 Å². The van der Waals surface area contributed by atoms with E-state index in [1.54, 1.807) is 11.9 Å². The molecule has 0 unspecified atom stereocenters. The molecular weight excluding hydrogens is 248 g/mol. The van der Waals surface area contributed by atoms with Crippen LogP contribution in [0, 0.1) is 0 Å². The number of carbonyl (C=O) groups excluding carboxylic acids is 1. The first kappa shape index (κ1) is 13.1. The van der Waals surface area contributed by atoms with E-state index in [1.807, 2.05) is 0 Å². The van der Waals surface area contributed by atoms with E-state index >= 15 is 0 Å². The van der Waals surface area contributed by atoms with E-state index in [9.17, 15) is 13.2 Å². The van der Waals surface area contributed by atoms with Gasteiger partial charge in [-0.05, 0) is 0 Å². The second-order valence-electron chi connectivity index (χ2n) is 3.61. The van der Waals surface area contributed by atoms with Gasteiger partial charge in [-0.2, -0.15) is 0 Å². The lowest BCUT2D eigenvalue weighted by Crippen LogP contribution is -2.24. The smallest absolute Gasteiger partial charge is 0.185 e. The summed E-state index contributed by atoms with van der Waals surface area (Å²) in [7, 11) is -1.21. The maximum Gasteiger partial charge on any atom is 0.185 e. The van der Waals surface area contributed by atoms with Crippen LogP contribution in [0.5, 0.6) is 0 Å². The molecule has 0 saturated carbocycles. The number of thiazole rings is 1. The highest BCUT2D eigenvalue weighted by molar-refractivity contribution is 7.90. The van der Waals surface area contributed by atoms with Crippen LogP contribution in [0.3, 0.4) is 0 Å². The number of carbonyl (C=O) groups is 1. The average molecular weight is 262 g/mol. The van der Waals surface area contributed by atoms with Gasteiger partial charge in [-0.15, -0.1) is 0 Å². The Hall–Kier alpha value is -0.950. The first-order chi connectivity index (χ1) is 7.29. The van der Waals surface area contributed by atoms with Crippen molar-refractivity contribution in [2.75, 3.05) is 30.5 Å². The second kappa shape index (κ2) is 4.92. The van der Waals surface area contributed by atoms with Crippen LogP contribution in [0.4, 0.5) is 5.13 Å². The topological polar surface area (TPSA) is 67.3 Å². The lowest BCUT2D eigenvalue weighted by Gasteiger charge is -2.14. The molecule has 0 aliphatic carbocycles. The number of nitrogens with zero attached hydrogens (tertiary/aromatic N) is 2. The average Bonchev–Trinajstić information content (AvgIpc) is 2.61. The third-order valence-corrected chi connectivity index (χ3v) is 4.10. The molecule has 0 bridgehead atoms. The van der Waals surface area contributed by atoms with Gasteiger partial charge in [-0.3, -0.25) is 4.79 Å². The summed E-state index contributed by atoms with van der Waals surface area (Å²) in [6.07, 6.45) is 2.71. The molecule has 16 heavy (non-hydrogen) atoms. The number of sulfone groups is 1. The number of hydrogen-bond donors (Lipinski definition) is 0. The lowest BCUT2D eigenvalue weighted by molar-refractivity contribution is 0.102. The first-order valence-electron chi connectivity index (χ1n) is 4.65. The molecule has 1 rings (SSSR count). The molecule has 0 aliphatic rings. The Bertz CT molecular complexity index is 479. The Morgan fingerprint density at radius 3 is 2.62 bits per heavy atom. The van der Waals surface area contributed by atoms with Crippen LogP contribution in [-0.4, -0.2) is 44.8 Å². The normalized spacial score (nSPS) is 11.4. The van der Waals surface area contributed by atoms with Crippen LogP contribution in [0.1, 0.15) is 16.6 Å². The van der Waals surface area contributed by atoms with E-state index in [4.69, 9.17) is 0 Å². The minimum Gasteiger partial charge on any atom is -0.350 e. The van der Waals surface area contributed by atoms with Gasteiger partial charge in [0.05, 0.1) is 16.8 Å². The molecular formula is C9H14N2O3S2. The minimum absolute atomic E-state index is 0.0275. The molecule has 0 amide bonds. The third-order valence-electron chi connectivity index (χ3n) is 1.96. The molecule has 1 aromatic heterocycles. The Morgan fingerprint density at radius 2 is 2.19 bits per heavy atom. The summed E-state index contributed by atoms with van der Waals surface area (Å²) in [5.41, 5.74) is 0.